The molecule has 0 fully saturated rings. The van der Waals surface area contributed by atoms with Gasteiger partial charge in [0.2, 0.25) is 0 Å². The van der Waals surface area contributed by atoms with E-state index in [4.69, 9.17) is 0 Å². The molecule has 1 N–H and O–H groups in total. The largest absolute Gasteiger partial charge is 0.417 e. The second-order valence-corrected chi connectivity index (χ2v) is 3.71. The maximum Gasteiger partial charge on any atom is 0.417 e. The maximum absolute atomic E-state index is 12.8. The van der Waals surface area contributed by atoms with Gasteiger partial charge in [0.15, 0.2) is 0 Å². The zero-order valence-electron chi connectivity index (χ0n) is 9.01. The number of aromatic amines is 1. The van der Waals surface area contributed by atoms with Crippen LogP contribution in [0.1, 0.15) is 11.1 Å². The molecule has 0 amide bonds. The van der Waals surface area contributed by atoms with Crippen molar-refractivity contribution in [3.8, 4) is 11.3 Å². The van der Waals surface area contributed by atoms with E-state index in [0.717, 1.165) is 11.6 Å². The van der Waals surface area contributed by atoms with Crippen LogP contribution in [0.15, 0.2) is 36.5 Å². The Bertz CT molecular complexity index is 511. The first-order valence-corrected chi connectivity index (χ1v) is 5.15. The highest BCUT2D eigenvalue weighted by Crippen LogP contribution is 2.36. The minimum atomic E-state index is -4.34. The molecule has 0 bridgehead atoms. The number of benzene rings is 1. The Kier molecular flexibility index (Phi) is 2.96. The highest BCUT2D eigenvalue weighted by atomic mass is 19.4. The summed E-state index contributed by atoms with van der Waals surface area (Å²) in [7, 11) is 0. The summed E-state index contributed by atoms with van der Waals surface area (Å²) in [5, 5.41) is 0. The predicted molar refractivity (Wildman–Crippen MR) is 60.3 cm³/mol. The molecule has 0 saturated heterocycles. The molecule has 0 aliphatic heterocycles. The summed E-state index contributed by atoms with van der Waals surface area (Å²) in [6, 6.07) is 7.21. The van der Waals surface area contributed by atoms with Crippen molar-refractivity contribution in [1.82, 2.24) is 4.98 Å². The Balaban J connectivity index is 2.52. The standard InChI is InChI=1S/C13H11F3N/c1-2-9-7-12(17-8-9)10-5-3-4-6-11(10)13(14,15)16/h3-8,17H,1-2H2. The molecule has 1 aromatic heterocycles. The van der Waals surface area contributed by atoms with E-state index in [0.29, 0.717) is 12.1 Å². The molecule has 2 aromatic rings. The van der Waals surface area contributed by atoms with Crippen LogP contribution < -0.4 is 0 Å². The number of hydrogen-bond donors (Lipinski definition) is 1. The molecule has 1 aromatic carbocycles. The van der Waals surface area contributed by atoms with Crippen LogP contribution in [-0.2, 0) is 12.6 Å². The summed E-state index contributed by atoms with van der Waals surface area (Å²) in [6.07, 6.45) is -2.12. The lowest BCUT2D eigenvalue weighted by Crippen LogP contribution is -2.06. The van der Waals surface area contributed by atoms with Gasteiger partial charge in [0.1, 0.15) is 0 Å². The molecule has 0 spiro atoms. The smallest absolute Gasteiger partial charge is 0.361 e. The summed E-state index contributed by atoms with van der Waals surface area (Å²) in [5.41, 5.74) is 0.894. The minimum absolute atomic E-state index is 0.166. The topological polar surface area (TPSA) is 15.8 Å². The molecule has 4 heteroatoms. The molecule has 17 heavy (non-hydrogen) atoms. The molecule has 1 radical (unpaired) electrons. The zero-order chi connectivity index (χ0) is 12.5. The molecular formula is C13H11F3N. The lowest BCUT2D eigenvalue weighted by molar-refractivity contribution is -0.137. The fourth-order valence-electron chi connectivity index (χ4n) is 1.70. The van der Waals surface area contributed by atoms with Gasteiger partial charge in [-0.05, 0) is 31.0 Å². The van der Waals surface area contributed by atoms with Gasteiger partial charge in [-0.3, -0.25) is 0 Å². The molecule has 0 unspecified atom stereocenters. The van der Waals surface area contributed by atoms with Crippen molar-refractivity contribution in [2.75, 3.05) is 0 Å². The van der Waals surface area contributed by atoms with Gasteiger partial charge < -0.3 is 4.98 Å². The van der Waals surface area contributed by atoms with Crippen molar-refractivity contribution in [3.05, 3.63) is 54.6 Å². The number of hydrogen-bond acceptors (Lipinski definition) is 0. The van der Waals surface area contributed by atoms with E-state index in [1.165, 1.54) is 12.1 Å². The van der Waals surface area contributed by atoms with Crippen LogP contribution in [0.5, 0.6) is 0 Å². The molecule has 0 aliphatic carbocycles. The van der Waals surface area contributed by atoms with Crippen molar-refractivity contribution in [2.24, 2.45) is 0 Å². The van der Waals surface area contributed by atoms with Crippen molar-refractivity contribution in [1.29, 1.82) is 0 Å². The maximum atomic E-state index is 12.8. The highest BCUT2D eigenvalue weighted by Gasteiger charge is 2.33. The Morgan fingerprint density at radius 2 is 1.88 bits per heavy atom. The molecule has 0 aliphatic rings. The molecular weight excluding hydrogens is 227 g/mol. The van der Waals surface area contributed by atoms with Crippen molar-refractivity contribution < 1.29 is 13.2 Å². The number of H-pyrrole nitrogens is 1. The number of nitrogens with one attached hydrogen (secondary N) is 1. The summed E-state index contributed by atoms with van der Waals surface area (Å²) < 4.78 is 38.4. The van der Waals surface area contributed by atoms with E-state index in [2.05, 4.69) is 11.9 Å². The minimum Gasteiger partial charge on any atom is -0.361 e. The number of halogens is 3. The number of aromatic nitrogens is 1. The van der Waals surface area contributed by atoms with Gasteiger partial charge in [0, 0.05) is 17.5 Å². The molecule has 1 heterocycles. The quantitative estimate of drug-likeness (QED) is 0.811. The molecule has 2 rings (SSSR count). The molecule has 0 atom stereocenters. The fraction of sp³-hybridized carbons (Fsp3) is 0.154. The molecule has 0 saturated carbocycles. The van der Waals surface area contributed by atoms with Gasteiger partial charge in [-0.25, -0.2) is 0 Å². The summed E-state index contributed by atoms with van der Waals surface area (Å²) in [6.45, 7) is 3.69. The molecule has 89 valence electrons. The van der Waals surface area contributed by atoms with E-state index < -0.39 is 11.7 Å². The van der Waals surface area contributed by atoms with Crippen LogP contribution in [0.2, 0.25) is 0 Å². The van der Waals surface area contributed by atoms with E-state index >= 15 is 0 Å². The lowest BCUT2D eigenvalue weighted by Gasteiger charge is -2.11. The second kappa shape index (κ2) is 4.28. The van der Waals surface area contributed by atoms with Crippen LogP contribution in [0.3, 0.4) is 0 Å². The monoisotopic (exact) mass is 238 g/mol. The van der Waals surface area contributed by atoms with Crippen LogP contribution >= 0.6 is 0 Å². The average molecular weight is 238 g/mol. The number of alkyl halides is 3. The number of rotatable bonds is 2. The van der Waals surface area contributed by atoms with E-state index in [1.54, 1.807) is 18.3 Å². The Morgan fingerprint density at radius 3 is 2.47 bits per heavy atom. The van der Waals surface area contributed by atoms with Gasteiger partial charge in [0.25, 0.3) is 0 Å². The summed E-state index contributed by atoms with van der Waals surface area (Å²) in [5.74, 6) is 0. The lowest BCUT2D eigenvalue weighted by atomic mass is 10.0. The van der Waals surface area contributed by atoms with Crippen LogP contribution in [0.25, 0.3) is 11.3 Å². The Labute approximate surface area is 97.3 Å². The van der Waals surface area contributed by atoms with Gasteiger partial charge in [-0.2, -0.15) is 13.2 Å². The predicted octanol–water partition coefficient (Wildman–Crippen LogP) is 4.08. The normalized spacial score (nSPS) is 11.8. The zero-order valence-corrected chi connectivity index (χ0v) is 9.01. The van der Waals surface area contributed by atoms with Crippen LogP contribution in [-0.4, -0.2) is 4.98 Å². The SMILES string of the molecule is [CH2]Cc1c[nH]c(-c2ccccc2C(F)(F)F)c1. The Hall–Kier alpha value is -1.71. The van der Waals surface area contributed by atoms with Crippen molar-refractivity contribution in [3.63, 3.8) is 0 Å². The van der Waals surface area contributed by atoms with E-state index in [9.17, 15) is 13.2 Å². The van der Waals surface area contributed by atoms with Gasteiger partial charge in [0.05, 0.1) is 5.56 Å². The Morgan fingerprint density at radius 1 is 1.18 bits per heavy atom. The fourth-order valence-corrected chi connectivity index (χ4v) is 1.70. The van der Waals surface area contributed by atoms with E-state index in [1.807, 2.05) is 0 Å². The van der Waals surface area contributed by atoms with Crippen molar-refractivity contribution in [2.45, 2.75) is 12.6 Å². The molecule has 1 nitrogen and oxygen atoms in total. The second-order valence-electron chi connectivity index (χ2n) is 3.71. The van der Waals surface area contributed by atoms with Crippen molar-refractivity contribution >= 4 is 0 Å². The first-order chi connectivity index (χ1) is 8.02. The third-order valence-corrected chi connectivity index (χ3v) is 2.55. The summed E-state index contributed by atoms with van der Waals surface area (Å²) >= 11 is 0. The first kappa shape index (κ1) is 11.8. The first-order valence-electron chi connectivity index (χ1n) is 5.15. The van der Waals surface area contributed by atoms with E-state index in [-0.39, 0.29) is 5.56 Å². The highest BCUT2D eigenvalue weighted by molar-refractivity contribution is 5.65. The van der Waals surface area contributed by atoms with Gasteiger partial charge in [-0.1, -0.05) is 18.2 Å². The van der Waals surface area contributed by atoms with Gasteiger partial charge in [-0.15, -0.1) is 0 Å². The van der Waals surface area contributed by atoms with Crippen LogP contribution in [0.4, 0.5) is 13.2 Å². The average Bonchev–Trinajstić information content (AvgIpc) is 2.76. The van der Waals surface area contributed by atoms with Gasteiger partial charge >= 0.3 is 6.18 Å². The third-order valence-electron chi connectivity index (χ3n) is 2.55. The summed E-state index contributed by atoms with van der Waals surface area (Å²) in [4.78, 5) is 2.85. The third kappa shape index (κ3) is 2.35. The van der Waals surface area contributed by atoms with Crippen LogP contribution in [0, 0.1) is 6.92 Å².